The molecule has 0 amide bonds. The van der Waals surface area contributed by atoms with Gasteiger partial charge in [-0.1, -0.05) is 17.7 Å². The van der Waals surface area contributed by atoms with Crippen LogP contribution in [-0.4, -0.2) is 17.0 Å². The van der Waals surface area contributed by atoms with Gasteiger partial charge in [0.05, 0.1) is 0 Å². The van der Waals surface area contributed by atoms with Gasteiger partial charge in [0.15, 0.2) is 17.3 Å². The fraction of sp³-hybridized carbons (Fsp3) is 0.167. The number of hydrogen-bond donors (Lipinski definition) is 3. The molecule has 0 aliphatic heterocycles. The predicted octanol–water partition coefficient (Wildman–Crippen LogP) is 2.55. The van der Waals surface area contributed by atoms with Crippen LogP contribution in [0, 0.1) is 11.8 Å². The van der Waals surface area contributed by atoms with Crippen molar-refractivity contribution < 1.29 is 0 Å². The maximum Gasteiger partial charge on any atom is 0.224 e. The highest BCUT2D eigenvalue weighted by Crippen LogP contribution is 2.32. The van der Waals surface area contributed by atoms with Crippen LogP contribution in [0.4, 0.5) is 29.0 Å². The third-order valence-electron chi connectivity index (χ3n) is 2.54. The summed E-state index contributed by atoms with van der Waals surface area (Å²) in [5, 5.41) is 8.70. The highest BCUT2D eigenvalue weighted by Gasteiger charge is 2.13. The van der Waals surface area contributed by atoms with Crippen LogP contribution in [-0.2, 0) is 0 Å². The van der Waals surface area contributed by atoms with E-state index in [1.165, 1.54) is 0 Å². The van der Waals surface area contributed by atoms with Gasteiger partial charge in [0.1, 0.15) is 0 Å². The van der Waals surface area contributed by atoms with Crippen LogP contribution in [0.25, 0.3) is 0 Å². The molecule has 0 fully saturated rings. The summed E-state index contributed by atoms with van der Waals surface area (Å²) < 4.78 is 0. The van der Waals surface area contributed by atoms with Crippen molar-refractivity contribution in [2.45, 2.75) is 6.92 Å². The monoisotopic (exact) mass is 258 g/mol. The molecule has 7 nitrogen and oxygen atoms in total. The van der Waals surface area contributed by atoms with Crippen molar-refractivity contribution in [2.75, 3.05) is 23.4 Å². The molecule has 2 rings (SSSR count). The molecule has 0 radical (unpaired) electrons. The topological polar surface area (TPSA) is 105 Å². The number of nitrogens with two attached hydrogens (primary N) is 1. The van der Waals surface area contributed by atoms with Crippen molar-refractivity contribution in [3.63, 3.8) is 0 Å². The first kappa shape index (κ1) is 12.7. The Kier molecular flexibility index (Phi) is 3.56. The van der Waals surface area contributed by atoms with Gasteiger partial charge in [0.2, 0.25) is 5.95 Å². The standard InChI is InChI=1S/C12H14N6O/c1-7-3-5-8(6-4-7)15-11-9(18-19)10(14-2)16-12(13)17-11/h3-6H,1-2H3,(H4,13,14,15,16,17). The predicted molar refractivity (Wildman–Crippen MR) is 75.9 cm³/mol. The number of aromatic nitrogens is 2. The zero-order valence-electron chi connectivity index (χ0n) is 10.6. The molecule has 2 aromatic rings. The molecule has 1 aromatic carbocycles. The third kappa shape index (κ3) is 2.76. The largest absolute Gasteiger partial charge is 0.371 e. The van der Waals surface area contributed by atoms with Crippen LogP contribution in [0.1, 0.15) is 5.56 Å². The minimum atomic E-state index is 0.0614. The molecular formula is C12H14N6O. The molecule has 0 unspecified atom stereocenters. The third-order valence-corrected chi connectivity index (χ3v) is 2.54. The maximum absolute atomic E-state index is 10.9. The van der Waals surface area contributed by atoms with Crippen LogP contribution >= 0.6 is 0 Å². The lowest BCUT2D eigenvalue weighted by atomic mass is 10.2. The SMILES string of the molecule is CNc1nc(N)nc(Nc2ccc(C)cc2)c1N=O. The molecule has 98 valence electrons. The second kappa shape index (κ2) is 5.30. The second-order valence-corrected chi connectivity index (χ2v) is 3.96. The number of aryl methyl sites for hydroxylation is 1. The Morgan fingerprint density at radius 3 is 2.37 bits per heavy atom. The van der Waals surface area contributed by atoms with Crippen LogP contribution < -0.4 is 16.4 Å². The first-order valence-corrected chi connectivity index (χ1v) is 5.66. The van der Waals surface area contributed by atoms with Crippen LogP contribution in [0.3, 0.4) is 0 Å². The average molecular weight is 258 g/mol. The summed E-state index contributed by atoms with van der Waals surface area (Å²) in [5.74, 6) is 0.624. The Morgan fingerprint density at radius 1 is 1.16 bits per heavy atom. The van der Waals surface area contributed by atoms with E-state index < -0.39 is 0 Å². The number of nitrogens with one attached hydrogen (secondary N) is 2. The lowest BCUT2D eigenvalue weighted by molar-refractivity contribution is 1.16. The summed E-state index contributed by atoms with van der Waals surface area (Å²) in [6.45, 7) is 1.99. The van der Waals surface area contributed by atoms with Crippen molar-refractivity contribution in [3.05, 3.63) is 34.7 Å². The zero-order valence-corrected chi connectivity index (χ0v) is 10.6. The van der Waals surface area contributed by atoms with E-state index in [1.54, 1.807) is 7.05 Å². The highest BCUT2D eigenvalue weighted by atomic mass is 16.3. The van der Waals surface area contributed by atoms with E-state index in [0.717, 1.165) is 11.3 Å². The summed E-state index contributed by atoms with van der Waals surface area (Å²) in [5.41, 5.74) is 7.61. The Bertz CT molecular complexity index is 596. The molecule has 4 N–H and O–H groups in total. The Morgan fingerprint density at radius 2 is 1.79 bits per heavy atom. The summed E-state index contributed by atoms with van der Waals surface area (Å²) >= 11 is 0. The van der Waals surface area contributed by atoms with E-state index >= 15 is 0 Å². The van der Waals surface area contributed by atoms with E-state index in [9.17, 15) is 4.91 Å². The number of rotatable bonds is 4. The van der Waals surface area contributed by atoms with Crippen molar-refractivity contribution in [1.29, 1.82) is 0 Å². The summed E-state index contributed by atoms with van der Waals surface area (Å²) in [7, 11) is 1.63. The van der Waals surface area contributed by atoms with E-state index in [0.29, 0.717) is 0 Å². The molecular weight excluding hydrogens is 244 g/mol. The molecule has 0 atom stereocenters. The van der Waals surface area contributed by atoms with Gasteiger partial charge in [-0.05, 0) is 24.2 Å². The first-order chi connectivity index (χ1) is 9.13. The lowest BCUT2D eigenvalue weighted by Crippen LogP contribution is -2.04. The molecule has 0 saturated carbocycles. The second-order valence-electron chi connectivity index (χ2n) is 3.96. The smallest absolute Gasteiger partial charge is 0.224 e. The highest BCUT2D eigenvalue weighted by molar-refractivity contribution is 5.78. The van der Waals surface area contributed by atoms with Crippen LogP contribution in [0.2, 0.25) is 0 Å². The van der Waals surface area contributed by atoms with Gasteiger partial charge >= 0.3 is 0 Å². The average Bonchev–Trinajstić information content (AvgIpc) is 2.40. The molecule has 0 aliphatic carbocycles. The zero-order chi connectivity index (χ0) is 13.8. The van der Waals surface area contributed by atoms with E-state index in [4.69, 9.17) is 5.73 Å². The Hall–Kier alpha value is -2.70. The van der Waals surface area contributed by atoms with Gasteiger partial charge < -0.3 is 16.4 Å². The molecule has 19 heavy (non-hydrogen) atoms. The van der Waals surface area contributed by atoms with E-state index in [1.807, 2.05) is 31.2 Å². The van der Waals surface area contributed by atoms with Crippen molar-refractivity contribution >= 4 is 29.0 Å². The molecule has 0 bridgehead atoms. The van der Waals surface area contributed by atoms with Crippen LogP contribution in [0.15, 0.2) is 29.4 Å². The summed E-state index contributed by atoms with van der Waals surface area (Å²) in [6, 6.07) is 7.64. The number of hydrogen-bond acceptors (Lipinski definition) is 7. The van der Waals surface area contributed by atoms with Gasteiger partial charge in [-0.25, -0.2) is 0 Å². The quantitative estimate of drug-likeness (QED) is 0.728. The van der Waals surface area contributed by atoms with Gasteiger partial charge in [-0.3, -0.25) is 0 Å². The molecule has 1 aromatic heterocycles. The minimum absolute atomic E-state index is 0.0614. The number of anilines is 4. The van der Waals surface area contributed by atoms with E-state index in [-0.39, 0.29) is 23.3 Å². The number of nitrogens with zero attached hydrogens (tertiary/aromatic N) is 3. The summed E-state index contributed by atoms with van der Waals surface area (Å²) in [4.78, 5) is 18.8. The Balaban J connectivity index is 2.41. The lowest BCUT2D eigenvalue weighted by Gasteiger charge is -2.10. The van der Waals surface area contributed by atoms with Gasteiger partial charge in [-0.15, -0.1) is 4.91 Å². The number of nitroso groups, excluding NO2 is 1. The molecule has 0 aliphatic rings. The maximum atomic E-state index is 10.9. The molecule has 0 spiro atoms. The summed E-state index contributed by atoms with van der Waals surface area (Å²) in [6.07, 6.45) is 0. The fourth-order valence-electron chi connectivity index (χ4n) is 1.59. The first-order valence-electron chi connectivity index (χ1n) is 5.66. The van der Waals surface area contributed by atoms with Gasteiger partial charge in [0, 0.05) is 12.7 Å². The Labute approximate surface area is 110 Å². The van der Waals surface area contributed by atoms with Crippen molar-refractivity contribution in [1.82, 2.24) is 9.97 Å². The minimum Gasteiger partial charge on any atom is -0.371 e. The van der Waals surface area contributed by atoms with Crippen molar-refractivity contribution in [3.8, 4) is 0 Å². The van der Waals surface area contributed by atoms with Crippen LogP contribution in [0.5, 0.6) is 0 Å². The van der Waals surface area contributed by atoms with Gasteiger partial charge in [-0.2, -0.15) is 9.97 Å². The van der Waals surface area contributed by atoms with Gasteiger partial charge in [0.25, 0.3) is 0 Å². The van der Waals surface area contributed by atoms with Crippen molar-refractivity contribution in [2.24, 2.45) is 5.18 Å². The van der Waals surface area contributed by atoms with E-state index in [2.05, 4.69) is 25.8 Å². The number of benzene rings is 1. The normalized spacial score (nSPS) is 10.0. The number of nitrogen functional groups attached to an aromatic ring is 1. The molecule has 7 heteroatoms. The molecule has 0 saturated heterocycles. The fourth-order valence-corrected chi connectivity index (χ4v) is 1.59. The molecule has 1 heterocycles.